The number of cyclic esters (lactones) is 1. The van der Waals surface area contributed by atoms with E-state index in [0.29, 0.717) is 17.7 Å². The van der Waals surface area contributed by atoms with Gasteiger partial charge in [-0.2, -0.15) is 0 Å². The Balaban J connectivity index is 1.54. The average Bonchev–Trinajstić information content (AvgIpc) is 3.37. The van der Waals surface area contributed by atoms with Crippen molar-refractivity contribution in [2.75, 3.05) is 5.73 Å². The van der Waals surface area contributed by atoms with Crippen LogP contribution in [0.15, 0.2) is 109 Å². The molecule has 0 aromatic heterocycles. The van der Waals surface area contributed by atoms with Gasteiger partial charge in [-0.3, -0.25) is 24.0 Å². The zero-order valence-corrected chi connectivity index (χ0v) is 45.5. The number of hydrogen-bond donors (Lipinski definition) is 11. The maximum Gasteiger partial charge on any atom is 0.313 e. The number of esters is 1. The third-order valence-corrected chi connectivity index (χ3v) is 14.4. The van der Waals surface area contributed by atoms with Crippen LogP contribution in [-0.4, -0.2) is 161 Å². The molecule has 3 heterocycles. The van der Waals surface area contributed by atoms with E-state index in [-0.39, 0.29) is 62.1 Å². The molecule has 438 valence electrons. The normalized spacial score (nSPS) is 36.9. The van der Waals surface area contributed by atoms with Crippen molar-refractivity contribution >= 4 is 35.0 Å². The molecular weight excluding hydrogens is 1020 g/mol. The number of aliphatic hydroxyl groups excluding tert-OH is 7. The number of allylic oxidation sites excluding steroid dienone is 12. The van der Waals surface area contributed by atoms with E-state index in [4.69, 9.17) is 30.4 Å². The highest BCUT2D eigenvalue weighted by Crippen LogP contribution is 2.38. The number of hydrogen-bond acceptors (Lipinski definition) is 19. The first-order valence-corrected chi connectivity index (χ1v) is 27.1. The molecule has 1 aromatic rings. The van der Waals surface area contributed by atoms with Crippen LogP contribution in [0.4, 0.5) is 5.69 Å². The number of ketones is 3. The second-order valence-electron chi connectivity index (χ2n) is 21.4. The number of anilines is 1. The summed E-state index contributed by atoms with van der Waals surface area (Å²) in [6.07, 6.45) is 5.73. The molecule has 2 bridgehead atoms. The van der Waals surface area contributed by atoms with E-state index in [0.717, 1.165) is 0 Å². The van der Waals surface area contributed by atoms with Gasteiger partial charge in [0.15, 0.2) is 17.9 Å². The van der Waals surface area contributed by atoms with Crippen LogP contribution >= 0.6 is 0 Å². The molecule has 0 radical (unpaired) electrons. The molecule has 1 aromatic carbocycles. The molecule has 0 amide bonds. The van der Waals surface area contributed by atoms with Gasteiger partial charge in [-0.15, -0.1) is 0 Å². The van der Waals surface area contributed by atoms with Crippen LogP contribution in [0.3, 0.4) is 0 Å². The van der Waals surface area contributed by atoms with Crippen molar-refractivity contribution in [3.63, 3.8) is 0 Å². The van der Waals surface area contributed by atoms with Gasteiger partial charge in [0.05, 0.1) is 61.0 Å². The minimum Gasteiger partial charge on any atom is -0.481 e. The van der Waals surface area contributed by atoms with Gasteiger partial charge in [0.1, 0.15) is 36.1 Å². The molecule has 20 heteroatoms. The minimum absolute atomic E-state index is 0.0673. The first-order valence-electron chi connectivity index (χ1n) is 27.1. The van der Waals surface area contributed by atoms with Crippen molar-refractivity contribution in [2.45, 2.75) is 190 Å². The Morgan fingerprint density at radius 1 is 0.759 bits per heavy atom. The molecule has 0 saturated carbocycles. The lowest BCUT2D eigenvalue weighted by atomic mass is 9.82. The summed E-state index contributed by atoms with van der Waals surface area (Å²) in [4.78, 5) is 64.6. The van der Waals surface area contributed by atoms with E-state index in [1.54, 1.807) is 97.2 Å². The summed E-state index contributed by atoms with van der Waals surface area (Å²) in [5.41, 5.74) is 12.7. The molecular formula is C59H84N2O18. The van der Waals surface area contributed by atoms with Gasteiger partial charge in [-0.25, -0.2) is 0 Å². The molecule has 3 aliphatic rings. The molecule has 79 heavy (non-hydrogen) atoms. The van der Waals surface area contributed by atoms with Crippen LogP contribution in [0.2, 0.25) is 0 Å². The fourth-order valence-corrected chi connectivity index (χ4v) is 10.0. The number of carbonyl (C=O) groups excluding carboxylic acids is 4. The zero-order chi connectivity index (χ0) is 58.4. The lowest BCUT2D eigenvalue weighted by molar-refractivity contribution is -0.308. The summed E-state index contributed by atoms with van der Waals surface area (Å²) in [5, 5.41) is 97.8. The van der Waals surface area contributed by atoms with Crippen LogP contribution in [0, 0.1) is 23.7 Å². The lowest BCUT2D eigenvalue weighted by Gasteiger charge is -2.45. The van der Waals surface area contributed by atoms with Crippen molar-refractivity contribution in [2.24, 2.45) is 29.4 Å². The molecule has 18 atom stereocenters. The smallest absolute Gasteiger partial charge is 0.313 e. The van der Waals surface area contributed by atoms with Crippen LogP contribution in [0.1, 0.15) is 115 Å². The second kappa shape index (κ2) is 32.8. The van der Waals surface area contributed by atoms with Gasteiger partial charge in [0.2, 0.25) is 0 Å². The van der Waals surface area contributed by atoms with Crippen LogP contribution < -0.4 is 11.5 Å². The zero-order valence-electron chi connectivity index (χ0n) is 45.5. The van der Waals surface area contributed by atoms with E-state index in [1.807, 2.05) is 26.8 Å². The number of benzene rings is 1. The maximum atomic E-state index is 13.3. The van der Waals surface area contributed by atoms with E-state index in [2.05, 4.69) is 0 Å². The number of carbonyl (C=O) groups is 5. The Bertz CT molecular complexity index is 2330. The summed E-state index contributed by atoms with van der Waals surface area (Å²) in [5.74, 6) is -8.34. The van der Waals surface area contributed by atoms with Gasteiger partial charge in [-0.1, -0.05) is 106 Å². The molecule has 4 rings (SSSR count). The molecule has 0 spiro atoms. The highest BCUT2D eigenvalue weighted by atomic mass is 16.7. The molecule has 0 aliphatic carbocycles. The maximum absolute atomic E-state index is 13.3. The van der Waals surface area contributed by atoms with Gasteiger partial charge in [0, 0.05) is 62.1 Å². The first-order chi connectivity index (χ1) is 37.4. The SMILES string of the molecule is C[C@H](C[C@H](C)[C@@H]1OC(=O)CC(=O)CCCC(=O)C[C@@H](O)C[C@@H](O)C[C@@H](O)C[C@]2(O)C[C@H](O)[C@H](C(=O)O)[C@H](C[C@H](O[C@@H]3O[C@@H](C)[C@@H](O)[C@@H](N)[C@H]3O)/C=C/C=C/C=C/C=C/C=C/C=C/C=C/[C@@H]1C)O2)[C@H](O)CC(=O)c1ccc(N)cc1. The first kappa shape index (κ1) is 66.2. The molecule has 3 aliphatic heterocycles. The molecule has 2 fully saturated rings. The average molecular weight is 1110 g/mol. The number of nitrogens with two attached hydrogens (primary N) is 2. The fraction of sp³-hybridized carbons (Fsp3) is 0.576. The van der Waals surface area contributed by atoms with Crippen molar-refractivity contribution in [1.29, 1.82) is 0 Å². The monoisotopic (exact) mass is 1110 g/mol. The number of aliphatic hydroxyl groups is 8. The summed E-state index contributed by atoms with van der Waals surface area (Å²) in [6, 6.07) is 5.27. The third-order valence-electron chi connectivity index (χ3n) is 14.4. The summed E-state index contributed by atoms with van der Waals surface area (Å²) in [7, 11) is 0. The van der Waals surface area contributed by atoms with E-state index < -0.39 is 147 Å². The number of ether oxygens (including phenoxy) is 4. The molecule has 2 saturated heterocycles. The van der Waals surface area contributed by atoms with Crippen LogP contribution in [0.25, 0.3) is 0 Å². The number of carboxylic acids is 1. The highest BCUT2D eigenvalue weighted by Gasteiger charge is 2.51. The van der Waals surface area contributed by atoms with E-state index >= 15 is 0 Å². The van der Waals surface area contributed by atoms with Gasteiger partial charge in [-0.05, 0) is 68.7 Å². The number of nitrogen functional groups attached to an aromatic ring is 1. The Morgan fingerprint density at radius 3 is 1.94 bits per heavy atom. The van der Waals surface area contributed by atoms with Crippen molar-refractivity contribution in [3.8, 4) is 0 Å². The number of carboxylic acid groups (broad SMARTS) is 1. The number of fused-ring (bicyclic) bond motifs is 2. The van der Waals surface area contributed by atoms with Crippen LogP contribution in [0.5, 0.6) is 0 Å². The Morgan fingerprint density at radius 2 is 1.33 bits per heavy atom. The van der Waals surface area contributed by atoms with Crippen molar-refractivity contribution in [1.82, 2.24) is 0 Å². The summed E-state index contributed by atoms with van der Waals surface area (Å²) >= 11 is 0. The van der Waals surface area contributed by atoms with Gasteiger partial charge >= 0.3 is 11.9 Å². The molecule has 13 N–H and O–H groups in total. The fourth-order valence-electron chi connectivity index (χ4n) is 10.0. The Hall–Kier alpha value is -5.33. The van der Waals surface area contributed by atoms with E-state index in [9.17, 15) is 69.9 Å². The van der Waals surface area contributed by atoms with Crippen LogP contribution in [-0.2, 0) is 38.1 Å². The molecule has 0 unspecified atom stereocenters. The largest absolute Gasteiger partial charge is 0.481 e. The predicted molar refractivity (Wildman–Crippen MR) is 292 cm³/mol. The van der Waals surface area contributed by atoms with E-state index in [1.165, 1.54) is 13.0 Å². The summed E-state index contributed by atoms with van der Waals surface area (Å²) in [6.45, 7) is 7.07. The quantitative estimate of drug-likeness (QED) is 0.0687. The standard InChI is InChI=1S/C59H84N2O18/c1-35-18-15-13-11-9-7-5-6-8-10-12-14-16-21-46(77-58-55(72)53(61)54(71)38(4)76-58)31-50-52(57(73)74)49(69)34-59(75,79-50)33-45(66)29-44(65)28-43(64)27-41(62)19-17-20-42(63)30-51(70)78-56(35)37(3)26-36(2)47(67)32-48(68)39-22-24-40(60)25-23-39/h5-16,18,21-25,35-38,43-47,49-50,52-56,58,64-67,69,71-72,75H,17,19-20,26-34,60-61H2,1-4H3,(H,73,74)/b6-5+,9-7+,10-8+,13-11+,14-12+,18-15+,21-16+/t35-,36+,37-,38-,43+,44+,45+,46+,47+,49-,50-,52-,53+,54+,55+,56+,58-,59+/m0/s1. The second-order valence-corrected chi connectivity index (χ2v) is 21.4. The van der Waals surface area contributed by atoms with Gasteiger partial charge in [0.25, 0.3) is 0 Å². The van der Waals surface area contributed by atoms with Crippen molar-refractivity contribution < 1.29 is 88.9 Å². The number of Topliss-reactive ketones (excluding diaryl/α,β-unsaturated/α-hetero) is 3. The molecule has 20 nitrogen and oxygen atoms in total. The highest BCUT2D eigenvalue weighted by molar-refractivity contribution is 5.97. The third kappa shape index (κ3) is 22.6. The lowest BCUT2D eigenvalue weighted by Crippen LogP contribution is -2.61. The number of rotatable bonds is 10. The number of aliphatic carboxylic acids is 1. The van der Waals surface area contributed by atoms with Crippen molar-refractivity contribution in [3.05, 3.63) is 115 Å². The van der Waals surface area contributed by atoms with Gasteiger partial charge < -0.3 is 76.4 Å². The summed E-state index contributed by atoms with van der Waals surface area (Å²) < 4.78 is 23.7. The predicted octanol–water partition coefficient (Wildman–Crippen LogP) is 3.77. The minimum atomic E-state index is -2.32. The Kier molecular flexibility index (Phi) is 27.5. The topological polar surface area (TPSA) is 356 Å². The Labute approximate surface area is 462 Å².